The Labute approximate surface area is 88.7 Å². The summed E-state index contributed by atoms with van der Waals surface area (Å²) in [6.07, 6.45) is 5.89. The van der Waals surface area contributed by atoms with Crippen LogP contribution in [-0.2, 0) is 0 Å². The Balaban J connectivity index is 2.19. The predicted molar refractivity (Wildman–Crippen MR) is 61.3 cm³/mol. The Morgan fingerprint density at radius 3 is 2.64 bits per heavy atom. The maximum Gasteiger partial charge on any atom is 0.00137 e. The third-order valence-electron chi connectivity index (χ3n) is 4.84. The van der Waals surface area contributed by atoms with Crippen molar-refractivity contribution in [3.8, 4) is 0 Å². The van der Waals surface area contributed by atoms with E-state index >= 15 is 0 Å². The van der Waals surface area contributed by atoms with Crippen molar-refractivity contribution in [2.75, 3.05) is 13.1 Å². The average Bonchev–Trinajstić information content (AvgIpc) is 2.49. The molecule has 1 heteroatoms. The molecule has 1 aliphatic carbocycles. The molecule has 2 rings (SSSR count). The fourth-order valence-corrected chi connectivity index (χ4v) is 4.02. The predicted octanol–water partition coefficient (Wildman–Crippen LogP) is 3.06. The van der Waals surface area contributed by atoms with Crippen LogP contribution in [0.2, 0.25) is 0 Å². The number of hydrogen-bond acceptors (Lipinski definition) is 1. The van der Waals surface area contributed by atoms with Gasteiger partial charge in [0.1, 0.15) is 0 Å². The van der Waals surface area contributed by atoms with Crippen LogP contribution in [0.4, 0.5) is 0 Å². The second-order valence-electron chi connectivity index (χ2n) is 5.86. The first kappa shape index (κ1) is 10.5. The van der Waals surface area contributed by atoms with Crippen molar-refractivity contribution in [2.24, 2.45) is 23.2 Å². The first-order chi connectivity index (χ1) is 6.67. The number of rotatable bonds is 1. The molecule has 1 nitrogen and oxygen atoms in total. The maximum atomic E-state index is 3.62. The minimum Gasteiger partial charge on any atom is -0.316 e. The summed E-state index contributed by atoms with van der Waals surface area (Å²) in [6.45, 7) is 9.84. The quantitative estimate of drug-likeness (QED) is 0.678. The third kappa shape index (κ3) is 1.50. The average molecular weight is 195 g/mol. The molecule has 0 radical (unpaired) electrons. The molecule has 1 spiro atoms. The van der Waals surface area contributed by atoms with E-state index in [0.29, 0.717) is 5.41 Å². The van der Waals surface area contributed by atoms with Gasteiger partial charge in [-0.05, 0) is 42.6 Å². The number of hydrogen-bond donors (Lipinski definition) is 1. The first-order valence-corrected chi connectivity index (χ1v) is 6.37. The minimum absolute atomic E-state index is 0.659. The zero-order chi connectivity index (χ0) is 10.2. The molecule has 2 fully saturated rings. The smallest absolute Gasteiger partial charge is 0.00137 e. The molecule has 0 aromatic rings. The van der Waals surface area contributed by atoms with Crippen molar-refractivity contribution in [1.82, 2.24) is 5.32 Å². The molecule has 3 unspecified atom stereocenters. The van der Waals surface area contributed by atoms with Gasteiger partial charge in [-0.25, -0.2) is 0 Å². The van der Waals surface area contributed by atoms with E-state index in [9.17, 15) is 0 Å². The molecule has 2 aliphatic rings. The Morgan fingerprint density at radius 2 is 2.07 bits per heavy atom. The van der Waals surface area contributed by atoms with Crippen LogP contribution < -0.4 is 5.32 Å². The summed E-state index contributed by atoms with van der Waals surface area (Å²) in [5.41, 5.74) is 0.659. The summed E-state index contributed by atoms with van der Waals surface area (Å²) in [5.74, 6) is 2.74. The van der Waals surface area contributed by atoms with Crippen LogP contribution >= 0.6 is 0 Å². The van der Waals surface area contributed by atoms with Crippen LogP contribution in [0.5, 0.6) is 0 Å². The zero-order valence-corrected chi connectivity index (χ0v) is 9.97. The summed E-state index contributed by atoms with van der Waals surface area (Å²) >= 11 is 0. The SMILES string of the molecule is CC(C)C1CCCCC12CNCC2C. The van der Waals surface area contributed by atoms with Gasteiger partial charge in [-0.3, -0.25) is 0 Å². The lowest BCUT2D eigenvalue weighted by Gasteiger charge is -2.46. The molecule has 1 saturated carbocycles. The molecule has 0 bridgehead atoms. The summed E-state index contributed by atoms with van der Waals surface area (Å²) in [5, 5.41) is 3.62. The van der Waals surface area contributed by atoms with E-state index < -0.39 is 0 Å². The van der Waals surface area contributed by atoms with E-state index in [4.69, 9.17) is 0 Å². The third-order valence-corrected chi connectivity index (χ3v) is 4.84. The molecule has 3 atom stereocenters. The molecule has 14 heavy (non-hydrogen) atoms. The highest BCUT2D eigenvalue weighted by molar-refractivity contribution is 5.00. The fourth-order valence-electron chi connectivity index (χ4n) is 4.02. The first-order valence-electron chi connectivity index (χ1n) is 6.37. The molecular formula is C13H25N. The molecule has 1 heterocycles. The Hall–Kier alpha value is -0.0400. The van der Waals surface area contributed by atoms with Gasteiger partial charge < -0.3 is 5.32 Å². The van der Waals surface area contributed by atoms with Crippen LogP contribution in [-0.4, -0.2) is 13.1 Å². The lowest BCUT2D eigenvalue weighted by molar-refractivity contribution is 0.0404. The highest BCUT2D eigenvalue weighted by Gasteiger charge is 2.48. The van der Waals surface area contributed by atoms with Gasteiger partial charge in [0.25, 0.3) is 0 Å². The van der Waals surface area contributed by atoms with Gasteiger partial charge >= 0.3 is 0 Å². The van der Waals surface area contributed by atoms with Gasteiger partial charge in [0.15, 0.2) is 0 Å². The molecule has 0 amide bonds. The minimum atomic E-state index is 0.659. The second kappa shape index (κ2) is 3.84. The molecule has 1 N–H and O–H groups in total. The summed E-state index contributed by atoms with van der Waals surface area (Å²) < 4.78 is 0. The van der Waals surface area contributed by atoms with Crippen LogP contribution in [0.15, 0.2) is 0 Å². The lowest BCUT2D eigenvalue weighted by atomic mass is 9.58. The summed E-state index contributed by atoms with van der Waals surface area (Å²) in [6, 6.07) is 0. The second-order valence-corrected chi connectivity index (χ2v) is 5.86. The van der Waals surface area contributed by atoms with E-state index in [2.05, 4.69) is 26.1 Å². The molecular weight excluding hydrogens is 170 g/mol. The van der Waals surface area contributed by atoms with Gasteiger partial charge in [-0.2, -0.15) is 0 Å². The topological polar surface area (TPSA) is 12.0 Å². The van der Waals surface area contributed by atoms with E-state index in [1.165, 1.54) is 38.8 Å². The van der Waals surface area contributed by atoms with Crippen LogP contribution in [0.1, 0.15) is 46.5 Å². The van der Waals surface area contributed by atoms with Gasteiger partial charge in [0, 0.05) is 6.54 Å². The van der Waals surface area contributed by atoms with E-state index in [1.54, 1.807) is 0 Å². The van der Waals surface area contributed by atoms with Crippen molar-refractivity contribution in [3.63, 3.8) is 0 Å². The number of nitrogens with one attached hydrogen (secondary N) is 1. The van der Waals surface area contributed by atoms with Gasteiger partial charge in [-0.1, -0.05) is 33.6 Å². The Morgan fingerprint density at radius 1 is 1.29 bits per heavy atom. The molecule has 1 aliphatic heterocycles. The maximum absolute atomic E-state index is 3.62. The normalized spacial score (nSPS) is 43.7. The van der Waals surface area contributed by atoms with E-state index in [0.717, 1.165) is 17.8 Å². The van der Waals surface area contributed by atoms with E-state index in [1.807, 2.05) is 0 Å². The summed E-state index contributed by atoms with van der Waals surface area (Å²) in [7, 11) is 0. The van der Waals surface area contributed by atoms with E-state index in [-0.39, 0.29) is 0 Å². The van der Waals surface area contributed by atoms with Crippen molar-refractivity contribution in [2.45, 2.75) is 46.5 Å². The fraction of sp³-hybridized carbons (Fsp3) is 1.00. The highest BCUT2D eigenvalue weighted by Crippen LogP contribution is 2.51. The molecule has 0 aromatic carbocycles. The Bertz CT molecular complexity index is 199. The van der Waals surface area contributed by atoms with Crippen LogP contribution in [0, 0.1) is 23.2 Å². The lowest BCUT2D eigenvalue weighted by Crippen LogP contribution is -2.42. The van der Waals surface area contributed by atoms with Crippen molar-refractivity contribution < 1.29 is 0 Å². The Kier molecular flexibility index (Phi) is 2.88. The monoisotopic (exact) mass is 195 g/mol. The van der Waals surface area contributed by atoms with Crippen molar-refractivity contribution >= 4 is 0 Å². The van der Waals surface area contributed by atoms with Gasteiger partial charge in [0.2, 0.25) is 0 Å². The zero-order valence-electron chi connectivity index (χ0n) is 9.97. The van der Waals surface area contributed by atoms with Crippen molar-refractivity contribution in [1.29, 1.82) is 0 Å². The summed E-state index contributed by atoms with van der Waals surface area (Å²) in [4.78, 5) is 0. The highest BCUT2D eigenvalue weighted by atomic mass is 14.9. The van der Waals surface area contributed by atoms with Gasteiger partial charge in [-0.15, -0.1) is 0 Å². The van der Waals surface area contributed by atoms with Crippen LogP contribution in [0.25, 0.3) is 0 Å². The molecule has 0 aromatic heterocycles. The molecule has 82 valence electrons. The molecule has 1 saturated heterocycles. The standard InChI is InChI=1S/C13H25N/c1-10(2)12-6-4-5-7-13(12)9-14-8-11(13)3/h10-12,14H,4-9H2,1-3H3. The largest absolute Gasteiger partial charge is 0.316 e. The van der Waals surface area contributed by atoms with Gasteiger partial charge in [0.05, 0.1) is 0 Å². The van der Waals surface area contributed by atoms with Crippen molar-refractivity contribution in [3.05, 3.63) is 0 Å². The van der Waals surface area contributed by atoms with Crippen LogP contribution in [0.3, 0.4) is 0 Å².